The van der Waals surface area contributed by atoms with Gasteiger partial charge in [0, 0.05) is 19.6 Å². The second-order valence-electron chi connectivity index (χ2n) is 7.11. The number of fused-ring (bicyclic) bond motifs is 1. The van der Waals surface area contributed by atoms with Gasteiger partial charge in [0.05, 0.1) is 32.8 Å². The number of carbonyl (C=O) groups excluding carboxylic acids is 1. The molecule has 2 aliphatic rings. The number of carbonyl (C=O) groups is 1. The van der Waals surface area contributed by atoms with Crippen molar-refractivity contribution < 1.29 is 23.7 Å². The van der Waals surface area contributed by atoms with Crippen LogP contribution in [0.2, 0.25) is 0 Å². The number of hydrogen-bond acceptors (Lipinski definition) is 6. The van der Waals surface area contributed by atoms with E-state index in [0.29, 0.717) is 26.2 Å². The molecule has 1 atom stereocenters. The van der Waals surface area contributed by atoms with Crippen molar-refractivity contribution in [2.75, 3.05) is 46.8 Å². The number of nitrogens with zero attached hydrogens (tertiary/aromatic N) is 1. The number of benzene rings is 2. The Balaban J connectivity index is 1.42. The highest BCUT2D eigenvalue weighted by atomic mass is 16.7. The third kappa shape index (κ3) is 4.81. The lowest BCUT2D eigenvalue weighted by Gasteiger charge is -2.35. The van der Waals surface area contributed by atoms with Crippen molar-refractivity contribution in [3.8, 4) is 17.2 Å². The molecule has 0 saturated carbocycles. The number of methoxy groups -OCH3 is 1. The van der Waals surface area contributed by atoms with E-state index in [4.69, 9.17) is 18.9 Å². The number of hydrogen-bond donors (Lipinski definition) is 1. The van der Waals surface area contributed by atoms with Gasteiger partial charge >= 0.3 is 0 Å². The van der Waals surface area contributed by atoms with Crippen LogP contribution in [0.15, 0.2) is 42.5 Å². The molecule has 1 unspecified atom stereocenters. The summed E-state index contributed by atoms with van der Waals surface area (Å²) in [4.78, 5) is 14.9. The van der Waals surface area contributed by atoms with Crippen LogP contribution in [0.5, 0.6) is 17.2 Å². The SMILES string of the molecule is COc1ccc(CC(=O)NCC(c2ccc3c(c2)OCO3)N2CCOCC2)cc1. The Hall–Kier alpha value is -2.77. The summed E-state index contributed by atoms with van der Waals surface area (Å²) in [5, 5.41) is 3.10. The van der Waals surface area contributed by atoms with Crippen molar-refractivity contribution in [2.45, 2.75) is 12.5 Å². The Morgan fingerprint density at radius 1 is 1.10 bits per heavy atom. The lowest BCUT2D eigenvalue weighted by molar-refractivity contribution is -0.120. The van der Waals surface area contributed by atoms with Gasteiger partial charge in [-0.1, -0.05) is 18.2 Å². The highest BCUT2D eigenvalue weighted by Crippen LogP contribution is 2.35. The van der Waals surface area contributed by atoms with Crippen molar-refractivity contribution in [2.24, 2.45) is 0 Å². The molecule has 1 N–H and O–H groups in total. The van der Waals surface area contributed by atoms with Crippen LogP contribution in [0, 0.1) is 0 Å². The van der Waals surface area contributed by atoms with E-state index in [1.165, 1.54) is 0 Å². The molecular formula is C22H26N2O5. The Morgan fingerprint density at radius 2 is 1.86 bits per heavy atom. The molecule has 0 aromatic heterocycles. The van der Waals surface area contributed by atoms with E-state index >= 15 is 0 Å². The highest BCUT2D eigenvalue weighted by molar-refractivity contribution is 5.78. The molecule has 4 rings (SSSR count). The maximum atomic E-state index is 12.5. The van der Waals surface area contributed by atoms with E-state index < -0.39 is 0 Å². The van der Waals surface area contributed by atoms with Crippen LogP contribution in [-0.4, -0.2) is 57.6 Å². The predicted molar refractivity (Wildman–Crippen MR) is 107 cm³/mol. The number of ether oxygens (including phenoxy) is 4. The Kier molecular flexibility index (Phi) is 6.17. The molecule has 2 heterocycles. The lowest BCUT2D eigenvalue weighted by Crippen LogP contribution is -2.44. The fourth-order valence-corrected chi connectivity index (χ4v) is 3.67. The minimum Gasteiger partial charge on any atom is -0.497 e. The van der Waals surface area contributed by atoms with E-state index in [1.54, 1.807) is 7.11 Å². The summed E-state index contributed by atoms with van der Waals surface area (Å²) < 4.78 is 21.6. The molecule has 2 aliphatic heterocycles. The van der Waals surface area contributed by atoms with Gasteiger partial charge in [0.2, 0.25) is 12.7 Å². The third-order valence-electron chi connectivity index (χ3n) is 5.28. The average Bonchev–Trinajstić information content (AvgIpc) is 3.23. The van der Waals surface area contributed by atoms with Crippen LogP contribution in [0.3, 0.4) is 0 Å². The van der Waals surface area contributed by atoms with Crippen LogP contribution in [0.25, 0.3) is 0 Å². The van der Waals surface area contributed by atoms with Crippen molar-refractivity contribution in [3.63, 3.8) is 0 Å². The van der Waals surface area contributed by atoms with Gasteiger partial charge in [0.25, 0.3) is 0 Å². The van der Waals surface area contributed by atoms with Gasteiger partial charge in [-0.25, -0.2) is 0 Å². The van der Waals surface area contributed by atoms with E-state index in [-0.39, 0.29) is 18.7 Å². The van der Waals surface area contributed by atoms with Crippen LogP contribution in [-0.2, 0) is 16.0 Å². The van der Waals surface area contributed by atoms with E-state index in [1.807, 2.05) is 42.5 Å². The summed E-state index contributed by atoms with van der Waals surface area (Å²) in [5.41, 5.74) is 2.05. The van der Waals surface area contributed by atoms with Gasteiger partial charge < -0.3 is 24.3 Å². The van der Waals surface area contributed by atoms with Gasteiger partial charge in [-0.15, -0.1) is 0 Å². The summed E-state index contributed by atoms with van der Waals surface area (Å²) in [6.45, 7) is 3.82. The molecule has 29 heavy (non-hydrogen) atoms. The largest absolute Gasteiger partial charge is 0.497 e. The van der Waals surface area contributed by atoms with E-state index in [2.05, 4.69) is 10.2 Å². The van der Waals surface area contributed by atoms with Crippen molar-refractivity contribution >= 4 is 5.91 Å². The number of nitrogens with one attached hydrogen (secondary N) is 1. The minimum absolute atomic E-state index is 0.00540. The molecule has 154 valence electrons. The summed E-state index contributed by atoms with van der Waals surface area (Å²) >= 11 is 0. The monoisotopic (exact) mass is 398 g/mol. The van der Waals surface area contributed by atoms with Gasteiger partial charge in [-0.2, -0.15) is 0 Å². The molecule has 2 aromatic rings. The molecular weight excluding hydrogens is 372 g/mol. The lowest BCUT2D eigenvalue weighted by atomic mass is 10.0. The van der Waals surface area contributed by atoms with Gasteiger partial charge in [-0.05, 0) is 35.4 Å². The van der Waals surface area contributed by atoms with Crippen molar-refractivity contribution in [3.05, 3.63) is 53.6 Å². The molecule has 0 radical (unpaired) electrons. The quantitative estimate of drug-likeness (QED) is 0.771. The Labute approximate surface area is 170 Å². The first-order valence-corrected chi connectivity index (χ1v) is 9.84. The van der Waals surface area contributed by atoms with Gasteiger partial charge in [0.1, 0.15) is 5.75 Å². The van der Waals surface area contributed by atoms with E-state index in [0.717, 1.165) is 41.5 Å². The summed E-state index contributed by atoms with van der Waals surface area (Å²) in [5.74, 6) is 2.29. The zero-order valence-corrected chi connectivity index (χ0v) is 16.6. The first-order chi connectivity index (χ1) is 14.2. The van der Waals surface area contributed by atoms with Gasteiger partial charge in [-0.3, -0.25) is 9.69 Å². The Morgan fingerprint density at radius 3 is 2.62 bits per heavy atom. The Bertz CT molecular complexity index is 834. The number of amides is 1. The highest BCUT2D eigenvalue weighted by Gasteiger charge is 2.25. The molecule has 1 amide bonds. The fourth-order valence-electron chi connectivity index (χ4n) is 3.67. The van der Waals surface area contributed by atoms with Crippen molar-refractivity contribution in [1.82, 2.24) is 10.2 Å². The molecule has 1 saturated heterocycles. The number of morpholine rings is 1. The maximum Gasteiger partial charge on any atom is 0.231 e. The second-order valence-corrected chi connectivity index (χ2v) is 7.11. The molecule has 0 spiro atoms. The van der Waals surface area contributed by atoms with Crippen molar-refractivity contribution in [1.29, 1.82) is 0 Å². The average molecular weight is 398 g/mol. The van der Waals surface area contributed by atoms with Crippen LogP contribution >= 0.6 is 0 Å². The summed E-state index contributed by atoms with van der Waals surface area (Å²) in [6.07, 6.45) is 0.334. The molecule has 0 aliphatic carbocycles. The smallest absolute Gasteiger partial charge is 0.231 e. The van der Waals surface area contributed by atoms with Crippen LogP contribution in [0.4, 0.5) is 0 Å². The van der Waals surface area contributed by atoms with Crippen LogP contribution in [0.1, 0.15) is 17.2 Å². The maximum absolute atomic E-state index is 12.5. The minimum atomic E-state index is -0.00540. The molecule has 7 nitrogen and oxygen atoms in total. The normalized spacial score (nSPS) is 17.0. The topological polar surface area (TPSA) is 69.3 Å². The molecule has 1 fully saturated rings. The zero-order valence-electron chi connectivity index (χ0n) is 16.6. The molecule has 7 heteroatoms. The predicted octanol–water partition coefficient (Wildman–Crippen LogP) is 2.16. The molecule has 0 bridgehead atoms. The van der Waals surface area contributed by atoms with Crippen LogP contribution < -0.4 is 19.5 Å². The summed E-state index contributed by atoms with van der Waals surface area (Å²) in [7, 11) is 1.63. The summed E-state index contributed by atoms with van der Waals surface area (Å²) in [6, 6.07) is 13.6. The first-order valence-electron chi connectivity index (χ1n) is 9.84. The fraction of sp³-hybridized carbons (Fsp3) is 0.409. The van der Waals surface area contributed by atoms with E-state index in [9.17, 15) is 4.79 Å². The number of rotatable bonds is 7. The van der Waals surface area contributed by atoms with Gasteiger partial charge in [0.15, 0.2) is 11.5 Å². The third-order valence-corrected chi connectivity index (χ3v) is 5.28. The second kappa shape index (κ2) is 9.15. The molecule has 2 aromatic carbocycles. The zero-order chi connectivity index (χ0) is 20.1. The first kappa shape index (κ1) is 19.5. The standard InChI is InChI=1S/C22H26N2O5/c1-26-18-5-2-16(3-6-18)12-22(25)23-14-19(24-8-10-27-11-9-24)17-4-7-20-21(13-17)29-15-28-20/h2-7,13,19H,8-12,14-15H2,1H3,(H,23,25).